The van der Waals surface area contributed by atoms with Gasteiger partial charge in [0.05, 0.1) is 31.1 Å². The number of fused-ring (bicyclic) bond motifs is 2. The Morgan fingerprint density at radius 3 is 3.19 bits per heavy atom. The predicted octanol–water partition coefficient (Wildman–Crippen LogP) is 2.32. The van der Waals surface area contributed by atoms with Gasteiger partial charge in [-0.2, -0.15) is 0 Å². The maximum atomic E-state index is 5.99. The van der Waals surface area contributed by atoms with Crippen LogP contribution in [0.15, 0.2) is 30.9 Å². The Hall–Kier alpha value is -1.23. The van der Waals surface area contributed by atoms with E-state index < -0.39 is 0 Å². The van der Waals surface area contributed by atoms with Crippen molar-refractivity contribution in [2.45, 2.75) is 44.6 Å². The van der Waals surface area contributed by atoms with Crippen LogP contribution in [0.1, 0.15) is 24.2 Å². The third kappa shape index (κ3) is 3.34. The largest absolute Gasteiger partial charge is 0.374 e. The summed E-state index contributed by atoms with van der Waals surface area (Å²) in [4.78, 5) is 7.10. The van der Waals surface area contributed by atoms with Crippen molar-refractivity contribution in [1.82, 2.24) is 9.88 Å². The van der Waals surface area contributed by atoms with Crippen LogP contribution in [0.4, 0.5) is 0 Å². The molecule has 114 valence electrons. The molecule has 2 heterocycles. The lowest BCUT2D eigenvalue weighted by atomic mass is 10.1. The summed E-state index contributed by atoms with van der Waals surface area (Å²) in [5.41, 5.74) is 2.20. The third-order valence-corrected chi connectivity index (χ3v) is 4.39. The maximum Gasteiger partial charge on any atom is 0.0995 e. The zero-order valence-corrected chi connectivity index (χ0v) is 12.7. The van der Waals surface area contributed by atoms with Gasteiger partial charge in [-0.25, -0.2) is 0 Å². The van der Waals surface area contributed by atoms with E-state index in [-0.39, 0.29) is 12.2 Å². The van der Waals surface area contributed by atoms with Gasteiger partial charge in [-0.05, 0) is 31.9 Å². The highest BCUT2D eigenvalue weighted by Gasteiger charge is 2.42. The van der Waals surface area contributed by atoms with E-state index >= 15 is 0 Å². The Morgan fingerprint density at radius 1 is 1.48 bits per heavy atom. The normalized spacial score (nSPS) is 29.3. The average molecular weight is 288 g/mol. The number of pyridine rings is 1. The van der Waals surface area contributed by atoms with Crippen molar-refractivity contribution in [3.63, 3.8) is 0 Å². The first-order valence-electron chi connectivity index (χ1n) is 7.78. The molecule has 1 saturated carbocycles. The molecule has 3 atom stereocenters. The van der Waals surface area contributed by atoms with Crippen molar-refractivity contribution >= 4 is 0 Å². The summed E-state index contributed by atoms with van der Waals surface area (Å²) in [5.74, 6) is 0. The number of aryl methyl sites for hydroxylation is 1. The highest BCUT2D eigenvalue weighted by molar-refractivity contribution is 5.10. The molecule has 1 aromatic rings. The number of aromatic nitrogens is 1. The van der Waals surface area contributed by atoms with Crippen molar-refractivity contribution in [1.29, 1.82) is 0 Å². The summed E-state index contributed by atoms with van der Waals surface area (Å²) in [6, 6.07) is 6.65. The second-order valence-electron chi connectivity index (χ2n) is 5.88. The molecular weight excluding hydrogens is 264 g/mol. The van der Waals surface area contributed by atoms with Gasteiger partial charge in [0.15, 0.2) is 0 Å². The van der Waals surface area contributed by atoms with E-state index in [0.717, 1.165) is 43.9 Å². The lowest BCUT2D eigenvalue weighted by Gasteiger charge is -2.30. The standard InChI is InChI=1S/C17H24N2O2/c1-3-10-21-17-15-7-8-16(17)20-11-9-19(15)12-14-6-4-5-13(2)18-14/h3-6,15-17H,1,7-12H2,2H3. The second-order valence-corrected chi connectivity index (χ2v) is 5.88. The van der Waals surface area contributed by atoms with Gasteiger partial charge in [-0.1, -0.05) is 12.1 Å². The number of nitrogens with zero attached hydrogens (tertiary/aromatic N) is 2. The highest BCUT2D eigenvalue weighted by Crippen LogP contribution is 2.32. The minimum atomic E-state index is 0.162. The van der Waals surface area contributed by atoms with Crippen LogP contribution in [0.25, 0.3) is 0 Å². The van der Waals surface area contributed by atoms with Gasteiger partial charge in [-0.15, -0.1) is 6.58 Å². The van der Waals surface area contributed by atoms with Crippen LogP contribution in [0.5, 0.6) is 0 Å². The van der Waals surface area contributed by atoms with Crippen molar-refractivity contribution < 1.29 is 9.47 Å². The van der Waals surface area contributed by atoms with Crippen LogP contribution >= 0.6 is 0 Å². The van der Waals surface area contributed by atoms with E-state index in [0.29, 0.717) is 12.6 Å². The zero-order chi connectivity index (χ0) is 14.7. The first-order chi connectivity index (χ1) is 10.3. The van der Waals surface area contributed by atoms with E-state index in [9.17, 15) is 0 Å². The van der Waals surface area contributed by atoms with Crippen molar-refractivity contribution in [3.05, 3.63) is 42.2 Å². The van der Waals surface area contributed by atoms with Crippen LogP contribution in [-0.4, -0.2) is 47.9 Å². The zero-order valence-electron chi connectivity index (χ0n) is 12.7. The number of hydrogen-bond donors (Lipinski definition) is 0. The monoisotopic (exact) mass is 288 g/mol. The Kier molecular flexibility index (Phi) is 4.68. The third-order valence-electron chi connectivity index (χ3n) is 4.39. The van der Waals surface area contributed by atoms with E-state index in [1.54, 1.807) is 0 Å². The molecule has 2 bridgehead atoms. The molecule has 1 aliphatic carbocycles. The topological polar surface area (TPSA) is 34.6 Å². The fourth-order valence-corrected chi connectivity index (χ4v) is 3.46. The number of rotatable bonds is 5. The second kappa shape index (κ2) is 6.69. The molecule has 4 heteroatoms. The summed E-state index contributed by atoms with van der Waals surface area (Å²) < 4.78 is 12.0. The van der Waals surface area contributed by atoms with Gasteiger partial charge < -0.3 is 9.47 Å². The van der Waals surface area contributed by atoms with Crippen LogP contribution in [0, 0.1) is 6.92 Å². The molecule has 0 spiro atoms. The molecule has 1 saturated heterocycles. The first kappa shape index (κ1) is 14.7. The lowest BCUT2D eigenvalue weighted by molar-refractivity contribution is -0.0448. The first-order valence-corrected chi connectivity index (χ1v) is 7.78. The Bertz CT molecular complexity index is 491. The minimum Gasteiger partial charge on any atom is -0.374 e. The van der Waals surface area contributed by atoms with Crippen molar-refractivity contribution in [2.24, 2.45) is 0 Å². The fraction of sp³-hybridized carbons (Fsp3) is 0.588. The van der Waals surface area contributed by atoms with Gasteiger partial charge in [0.2, 0.25) is 0 Å². The van der Waals surface area contributed by atoms with Gasteiger partial charge in [-0.3, -0.25) is 9.88 Å². The highest BCUT2D eigenvalue weighted by atomic mass is 16.5. The molecule has 0 aromatic carbocycles. The number of ether oxygens (including phenoxy) is 2. The molecule has 3 unspecified atom stereocenters. The molecule has 0 amide bonds. The summed E-state index contributed by atoms with van der Waals surface area (Å²) in [6.45, 7) is 8.98. The van der Waals surface area contributed by atoms with Gasteiger partial charge >= 0.3 is 0 Å². The Balaban J connectivity index is 1.73. The van der Waals surface area contributed by atoms with Gasteiger partial charge in [0.1, 0.15) is 0 Å². The maximum absolute atomic E-state index is 5.99. The fourth-order valence-electron chi connectivity index (χ4n) is 3.46. The van der Waals surface area contributed by atoms with Crippen LogP contribution in [0.3, 0.4) is 0 Å². The Morgan fingerprint density at radius 2 is 2.38 bits per heavy atom. The predicted molar refractivity (Wildman–Crippen MR) is 82.1 cm³/mol. The Labute approximate surface area is 126 Å². The van der Waals surface area contributed by atoms with E-state index in [4.69, 9.17) is 9.47 Å². The molecule has 1 aliphatic heterocycles. The van der Waals surface area contributed by atoms with Crippen molar-refractivity contribution in [3.8, 4) is 0 Å². The SMILES string of the molecule is C=CCOC1C2CCC1N(Cc1cccc(C)n1)CCO2. The molecule has 1 aromatic heterocycles. The molecular formula is C17H24N2O2. The molecule has 3 rings (SSSR count). The minimum absolute atomic E-state index is 0.162. The average Bonchev–Trinajstić information content (AvgIpc) is 2.77. The van der Waals surface area contributed by atoms with Crippen LogP contribution in [0.2, 0.25) is 0 Å². The molecule has 21 heavy (non-hydrogen) atoms. The van der Waals surface area contributed by atoms with E-state index in [1.165, 1.54) is 0 Å². The van der Waals surface area contributed by atoms with Crippen LogP contribution in [-0.2, 0) is 16.0 Å². The smallest absolute Gasteiger partial charge is 0.0995 e. The van der Waals surface area contributed by atoms with E-state index in [1.807, 2.05) is 19.1 Å². The molecule has 0 radical (unpaired) electrons. The summed E-state index contributed by atoms with van der Waals surface area (Å²) in [6.07, 6.45) is 4.44. The molecule has 2 aliphatic rings. The van der Waals surface area contributed by atoms with E-state index in [2.05, 4.69) is 28.6 Å². The quantitative estimate of drug-likeness (QED) is 0.779. The lowest BCUT2D eigenvalue weighted by Crippen LogP contribution is -2.43. The molecule has 0 N–H and O–H groups in total. The van der Waals surface area contributed by atoms with Gasteiger partial charge in [0, 0.05) is 24.8 Å². The molecule has 4 nitrogen and oxygen atoms in total. The summed E-state index contributed by atoms with van der Waals surface area (Å²) >= 11 is 0. The molecule has 2 fully saturated rings. The van der Waals surface area contributed by atoms with Crippen molar-refractivity contribution in [2.75, 3.05) is 19.8 Å². The van der Waals surface area contributed by atoms with Gasteiger partial charge in [0.25, 0.3) is 0 Å². The summed E-state index contributed by atoms with van der Waals surface area (Å²) in [7, 11) is 0. The van der Waals surface area contributed by atoms with Crippen LogP contribution < -0.4 is 0 Å². The summed E-state index contributed by atoms with van der Waals surface area (Å²) in [5, 5.41) is 0. The number of hydrogen-bond acceptors (Lipinski definition) is 4.